The molecule has 96 valence electrons. The number of hydrogen-bond acceptors (Lipinski definition) is 4. The number of aromatic hydroxyl groups is 1. The first-order chi connectivity index (χ1) is 8.58. The maximum absolute atomic E-state index is 9.49. The van der Waals surface area contributed by atoms with E-state index in [1.54, 1.807) is 23.5 Å². The van der Waals surface area contributed by atoms with Gasteiger partial charge >= 0.3 is 0 Å². The van der Waals surface area contributed by atoms with Gasteiger partial charge in [-0.15, -0.1) is 11.3 Å². The molecule has 1 aromatic carbocycles. The third-order valence-corrected chi connectivity index (χ3v) is 4.16. The van der Waals surface area contributed by atoms with Crippen molar-refractivity contribution < 1.29 is 5.11 Å². The van der Waals surface area contributed by atoms with Crippen LogP contribution in [0.5, 0.6) is 5.75 Å². The zero-order valence-electron chi connectivity index (χ0n) is 10.8. The quantitative estimate of drug-likeness (QED) is 0.885. The average Bonchev–Trinajstić information content (AvgIpc) is 2.75. The van der Waals surface area contributed by atoms with Crippen molar-refractivity contribution in [1.82, 2.24) is 10.3 Å². The molecule has 1 aromatic heterocycles. The minimum atomic E-state index is 0.189. The van der Waals surface area contributed by atoms with Crippen LogP contribution in [-0.4, -0.2) is 10.1 Å². The van der Waals surface area contributed by atoms with Gasteiger partial charge in [0.25, 0.3) is 0 Å². The lowest BCUT2D eigenvalue weighted by Crippen LogP contribution is -2.22. The summed E-state index contributed by atoms with van der Waals surface area (Å²) in [6.07, 6.45) is 0. The zero-order valence-corrected chi connectivity index (χ0v) is 11.7. The van der Waals surface area contributed by atoms with Gasteiger partial charge < -0.3 is 10.4 Å². The molecule has 18 heavy (non-hydrogen) atoms. The molecule has 2 N–H and O–H groups in total. The molecule has 0 bridgehead atoms. The van der Waals surface area contributed by atoms with E-state index in [0.29, 0.717) is 5.75 Å². The molecular formula is C14H18N2OS. The molecule has 0 amide bonds. The predicted octanol–water partition coefficient (Wildman–Crippen LogP) is 3.57. The van der Waals surface area contributed by atoms with E-state index >= 15 is 0 Å². The van der Waals surface area contributed by atoms with Crippen LogP contribution in [0, 0.1) is 6.92 Å². The van der Waals surface area contributed by atoms with E-state index in [-0.39, 0.29) is 12.1 Å². The van der Waals surface area contributed by atoms with Gasteiger partial charge in [0.1, 0.15) is 5.75 Å². The number of benzene rings is 1. The maximum atomic E-state index is 9.49. The average molecular weight is 262 g/mol. The van der Waals surface area contributed by atoms with E-state index < -0.39 is 0 Å². The van der Waals surface area contributed by atoms with Crippen LogP contribution in [0.3, 0.4) is 0 Å². The lowest BCUT2D eigenvalue weighted by molar-refractivity contribution is 0.467. The van der Waals surface area contributed by atoms with E-state index in [0.717, 1.165) is 11.3 Å². The summed E-state index contributed by atoms with van der Waals surface area (Å²) in [5, 5.41) is 13.0. The molecular weight excluding hydrogens is 244 g/mol. The molecule has 0 saturated heterocycles. The van der Waals surface area contributed by atoms with Crippen LogP contribution in [0.2, 0.25) is 0 Å². The summed E-state index contributed by atoms with van der Waals surface area (Å²) in [5.74, 6) is 0.308. The van der Waals surface area contributed by atoms with E-state index in [9.17, 15) is 5.11 Å². The molecule has 3 nitrogen and oxygen atoms in total. The minimum Gasteiger partial charge on any atom is -0.508 e. The third-order valence-electron chi connectivity index (χ3n) is 3.05. The van der Waals surface area contributed by atoms with Crippen LogP contribution < -0.4 is 5.32 Å². The topological polar surface area (TPSA) is 45.2 Å². The third kappa shape index (κ3) is 2.89. The van der Waals surface area contributed by atoms with Gasteiger partial charge in [0.2, 0.25) is 0 Å². The molecule has 0 aliphatic rings. The summed E-state index contributed by atoms with van der Waals surface area (Å²) in [5.41, 5.74) is 4.05. The summed E-state index contributed by atoms with van der Waals surface area (Å²) in [7, 11) is 0. The van der Waals surface area contributed by atoms with Crippen LogP contribution in [0.4, 0.5) is 0 Å². The van der Waals surface area contributed by atoms with Crippen molar-refractivity contribution in [3.05, 3.63) is 45.9 Å². The second-order valence-corrected chi connectivity index (χ2v) is 5.39. The Morgan fingerprint density at radius 3 is 2.67 bits per heavy atom. The number of nitrogens with one attached hydrogen (secondary N) is 1. The number of phenolic OH excluding ortho intramolecular Hbond substituents is 1. The smallest absolute Gasteiger partial charge is 0.115 e. The SMILES string of the molecule is Cc1ncsc1C(C)NC(C)c1cccc(O)c1. The Morgan fingerprint density at radius 1 is 1.28 bits per heavy atom. The number of phenols is 1. The van der Waals surface area contributed by atoms with Crippen LogP contribution in [-0.2, 0) is 0 Å². The van der Waals surface area contributed by atoms with Gasteiger partial charge in [0, 0.05) is 17.0 Å². The highest BCUT2D eigenvalue weighted by Gasteiger charge is 2.14. The largest absolute Gasteiger partial charge is 0.508 e. The number of aryl methyl sites for hydroxylation is 1. The Morgan fingerprint density at radius 2 is 2.06 bits per heavy atom. The number of nitrogens with zero attached hydrogens (tertiary/aromatic N) is 1. The van der Waals surface area contributed by atoms with Crippen LogP contribution >= 0.6 is 11.3 Å². The molecule has 2 aromatic rings. The van der Waals surface area contributed by atoms with Crippen molar-refractivity contribution in [2.24, 2.45) is 0 Å². The van der Waals surface area contributed by atoms with Gasteiger partial charge in [0.15, 0.2) is 0 Å². The van der Waals surface area contributed by atoms with Crippen LogP contribution in [0.15, 0.2) is 29.8 Å². The standard InChI is InChI=1S/C14H18N2OS/c1-9(12-5-4-6-13(17)7-12)16-11(3)14-10(2)15-8-18-14/h4-9,11,16-17H,1-3H3. The molecule has 2 rings (SSSR count). The van der Waals surface area contributed by atoms with Crippen LogP contribution in [0.1, 0.15) is 42.1 Å². The Balaban J connectivity index is 2.08. The zero-order chi connectivity index (χ0) is 13.1. The molecule has 4 heteroatoms. The fourth-order valence-electron chi connectivity index (χ4n) is 2.07. The predicted molar refractivity (Wildman–Crippen MR) is 74.9 cm³/mol. The van der Waals surface area contributed by atoms with Crippen molar-refractivity contribution >= 4 is 11.3 Å². The highest BCUT2D eigenvalue weighted by atomic mass is 32.1. The number of rotatable bonds is 4. The molecule has 2 atom stereocenters. The summed E-state index contributed by atoms with van der Waals surface area (Å²) < 4.78 is 0. The van der Waals surface area contributed by atoms with Crippen molar-refractivity contribution in [2.45, 2.75) is 32.9 Å². The van der Waals surface area contributed by atoms with Gasteiger partial charge in [-0.2, -0.15) is 0 Å². The summed E-state index contributed by atoms with van der Waals surface area (Å²) in [4.78, 5) is 5.54. The van der Waals surface area contributed by atoms with E-state index in [2.05, 4.69) is 24.1 Å². The normalized spacial score (nSPS) is 14.4. The first-order valence-electron chi connectivity index (χ1n) is 6.03. The van der Waals surface area contributed by atoms with Gasteiger partial charge in [-0.3, -0.25) is 0 Å². The van der Waals surface area contributed by atoms with Crippen molar-refractivity contribution in [1.29, 1.82) is 0 Å². The number of thiazole rings is 1. The van der Waals surface area contributed by atoms with Gasteiger partial charge in [0.05, 0.1) is 11.2 Å². The number of aromatic nitrogens is 1. The Hall–Kier alpha value is -1.39. The minimum absolute atomic E-state index is 0.189. The highest BCUT2D eigenvalue weighted by Crippen LogP contribution is 2.25. The molecule has 0 fully saturated rings. The molecule has 2 unspecified atom stereocenters. The molecule has 0 spiro atoms. The van der Waals surface area contributed by atoms with E-state index in [1.165, 1.54) is 4.88 Å². The second kappa shape index (κ2) is 5.50. The summed E-state index contributed by atoms with van der Waals surface area (Å²) >= 11 is 1.67. The lowest BCUT2D eigenvalue weighted by Gasteiger charge is -2.20. The Kier molecular flexibility index (Phi) is 3.99. The number of hydrogen-bond donors (Lipinski definition) is 2. The molecule has 0 saturated carbocycles. The van der Waals surface area contributed by atoms with Crippen LogP contribution in [0.25, 0.3) is 0 Å². The molecule has 0 radical (unpaired) electrons. The Bertz CT molecular complexity index is 524. The highest BCUT2D eigenvalue weighted by molar-refractivity contribution is 7.09. The molecule has 0 aliphatic carbocycles. The fourth-order valence-corrected chi connectivity index (χ4v) is 2.89. The maximum Gasteiger partial charge on any atom is 0.115 e. The summed E-state index contributed by atoms with van der Waals surface area (Å²) in [6, 6.07) is 7.81. The molecule has 1 heterocycles. The molecule has 0 aliphatic heterocycles. The van der Waals surface area contributed by atoms with E-state index in [4.69, 9.17) is 0 Å². The first-order valence-corrected chi connectivity index (χ1v) is 6.91. The second-order valence-electron chi connectivity index (χ2n) is 4.51. The Labute approximate surface area is 112 Å². The lowest BCUT2D eigenvalue weighted by atomic mass is 10.1. The van der Waals surface area contributed by atoms with Crippen molar-refractivity contribution in [3.63, 3.8) is 0 Å². The monoisotopic (exact) mass is 262 g/mol. The van der Waals surface area contributed by atoms with E-state index in [1.807, 2.05) is 24.6 Å². The summed E-state index contributed by atoms with van der Waals surface area (Å²) in [6.45, 7) is 6.27. The van der Waals surface area contributed by atoms with Gasteiger partial charge in [-0.25, -0.2) is 4.98 Å². The van der Waals surface area contributed by atoms with Crippen molar-refractivity contribution in [2.75, 3.05) is 0 Å². The van der Waals surface area contributed by atoms with Gasteiger partial charge in [-0.1, -0.05) is 12.1 Å². The fraction of sp³-hybridized carbons (Fsp3) is 0.357. The van der Waals surface area contributed by atoms with Crippen molar-refractivity contribution in [3.8, 4) is 5.75 Å². The first kappa shape index (κ1) is 13.1. The van der Waals surface area contributed by atoms with Gasteiger partial charge in [-0.05, 0) is 38.5 Å².